The van der Waals surface area contributed by atoms with Gasteiger partial charge < -0.3 is 59.1 Å². The van der Waals surface area contributed by atoms with Gasteiger partial charge in [-0.05, 0) is 49.3 Å². The van der Waals surface area contributed by atoms with Gasteiger partial charge in [-0.3, -0.25) is 38.6 Å². The highest BCUT2D eigenvalue weighted by Crippen LogP contribution is 2.32. The second kappa shape index (κ2) is 19.7. The number of nitrogens with one attached hydrogen (secondary N) is 8. The van der Waals surface area contributed by atoms with Gasteiger partial charge in [0.2, 0.25) is 41.4 Å². The third-order valence-corrected chi connectivity index (χ3v) is 10.9. The molecule has 7 amide bonds. The number of aromatic nitrogens is 3. The number of aliphatic imine (C=N–C) groups is 1. The molecule has 0 radical (unpaired) electrons. The molecule has 1 saturated carbocycles. The Hall–Kier alpha value is -7.25. The number of rotatable bonds is 11. The standard InChI is InChI=1S/C41H51N13O7/c42-34(56)29-19-33(55)54-41(13-7-14-41)39(61)53-32(18-25-21-45-22-48-25)38(60)51-30(16-23-8-2-1-3-9-23)36(58)49-28(12-6-15-46-40(43)44)35(57)52-31(37(59)50-29)17-24-20-47-27-11-5-4-10-26(24)27/h1-5,8-11,20-22,28-32,47H,6-7,12-19H2,(H2,42,56)(H,45,48)(H,49,58)(H,50,59)(H,51,60)(H,52,57)(H,53,61)(H,54,55)(H4,43,44,46)/t28-,29-,30+,31-,32-/m0/s1. The van der Waals surface area contributed by atoms with E-state index in [1.807, 2.05) is 24.3 Å². The van der Waals surface area contributed by atoms with E-state index in [-0.39, 0.29) is 57.5 Å². The van der Waals surface area contributed by atoms with Crippen molar-refractivity contribution < 1.29 is 33.6 Å². The predicted octanol–water partition coefficient (Wildman–Crippen LogP) is -1.68. The second-order valence-corrected chi connectivity index (χ2v) is 15.3. The number of carbonyl (C=O) groups excluding carboxylic acids is 7. The third-order valence-electron chi connectivity index (χ3n) is 10.9. The van der Waals surface area contributed by atoms with Crippen molar-refractivity contribution in [3.8, 4) is 0 Å². The zero-order chi connectivity index (χ0) is 43.5. The van der Waals surface area contributed by atoms with Crippen molar-refractivity contribution in [2.24, 2.45) is 22.2 Å². The summed E-state index contributed by atoms with van der Waals surface area (Å²) in [4.78, 5) is 112. The lowest BCUT2D eigenvalue weighted by Gasteiger charge is -2.41. The molecule has 1 aliphatic heterocycles. The highest BCUT2D eigenvalue weighted by Gasteiger charge is 2.47. The highest BCUT2D eigenvalue weighted by molar-refractivity contribution is 6.00. The maximum Gasteiger partial charge on any atom is 0.246 e. The van der Waals surface area contributed by atoms with Crippen molar-refractivity contribution in [1.29, 1.82) is 0 Å². The van der Waals surface area contributed by atoms with Gasteiger partial charge in [0.25, 0.3) is 0 Å². The molecule has 0 unspecified atom stereocenters. The molecule has 20 nitrogen and oxygen atoms in total. The summed E-state index contributed by atoms with van der Waals surface area (Å²) in [5, 5.41) is 17.1. The molecule has 14 N–H and O–H groups in total. The Morgan fingerprint density at radius 3 is 2.03 bits per heavy atom. The van der Waals surface area contributed by atoms with Gasteiger partial charge in [0.05, 0.1) is 12.7 Å². The Kier molecular flexibility index (Phi) is 14.0. The zero-order valence-corrected chi connectivity index (χ0v) is 33.4. The molecule has 6 rings (SSSR count). The van der Waals surface area contributed by atoms with E-state index >= 15 is 0 Å². The maximum absolute atomic E-state index is 14.4. The second-order valence-electron chi connectivity index (χ2n) is 15.3. The first-order chi connectivity index (χ1) is 29.3. The number of para-hydroxylation sites is 1. The van der Waals surface area contributed by atoms with Crippen LogP contribution in [0.4, 0.5) is 0 Å². The average Bonchev–Trinajstić information content (AvgIpc) is 3.89. The number of amides is 7. The Morgan fingerprint density at radius 1 is 0.738 bits per heavy atom. The fourth-order valence-electron chi connectivity index (χ4n) is 7.44. The van der Waals surface area contributed by atoms with E-state index in [1.165, 1.54) is 12.5 Å². The van der Waals surface area contributed by atoms with Crippen LogP contribution in [0.3, 0.4) is 0 Å². The topological polar surface area (TPSA) is 327 Å². The molecular formula is C41H51N13O7. The van der Waals surface area contributed by atoms with Gasteiger partial charge in [-0.25, -0.2) is 4.98 Å². The molecule has 5 atom stereocenters. The lowest BCUT2D eigenvalue weighted by atomic mass is 9.75. The number of guanidine groups is 1. The van der Waals surface area contributed by atoms with Crippen LogP contribution in [0.15, 0.2) is 78.3 Å². The summed E-state index contributed by atoms with van der Waals surface area (Å²) in [6.07, 6.45) is 5.02. The van der Waals surface area contributed by atoms with Crippen molar-refractivity contribution in [3.63, 3.8) is 0 Å². The van der Waals surface area contributed by atoms with Gasteiger partial charge in [0.15, 0.2) is 5.96 Å². The molecule has 1 saturated heterocycles. The summed E-state index contributed by atoms with van der Waals surface area (Å²) in [5.41, 5.74) is 17.9. The molecule has 20 heteroatoms. The Balaban J connectivity index is 1.39. The van der Waals surface area contributed by atoms with Crippen molar-refractivity contribution in [2.45, 2.75) is 93.5 Å². The normalized spacial score (nSPS) is 22.8. The number of hydrogen-bond acceptors (Lipinski definition) is 9. The van der Waals surface area contributed by atoms with E-state index in [0.717, 1.165) is 10.9 Å². The van der Waals surface area contributed by atoms with Crippen LogP contribution in [0.2, 0.25) is 0 Å². The molecular weight excluding hydrogens is 787 g/mol. The molecule has 1 spiro atoms. The number of primary amides is 1. The molecule has 2 fully saturated rings. The number of fused-ring (bicyclic) bond motifs is 1. The minimum absolute atomic E-state index is 0.00749. The molecule has 1 aliphatic carbocycles. The Bertz CT molecular complexity index is 2250. The van der Waals surface area contributed by atoms with Gasteiger partial charge in [-0.1, -0.05) is 48.5 Å². The number of carbonyl (C=O) groups is 7. The Morgan fingerprint density at radius 2 is 1.38 bits per heavy atom. The van der Waals surface area contributed by atoms with Gasteiger partial charge in [-0.15, -0.1) is 0 Å². The lowest BCUT2D eigenvalue weighted by Crippen LogP contribution is -2.66. The molecule has 2 aliphatic rings. The van der Waals surface area contributed by atoms with Crippen LogP contribution in [0.25, 0.3) is 10.9 Å². The van der Waals surface area contributed by atoms with Gasteiger partial charge in [0.1, 0.15) is 35.7 Å². The minimum atomic E-state index is -1.55. The van der Waals surface area contributed by atoms with Crippen LogP contribution >= 0.6 is 0 Å². The SMILES string of the molecule is NC(=O)[C@@H]1CC(=O)NC2(CCC2)C(=O)N[C@@H](Cc2cnc[nH]2)C(=O)N[C@H](Cc2ccccc2)C(=O)N[C@@H](CCCN=C(N)N)C(=O)N[C@@H](Cc2c[nH]c3ccccc23)C(=O)N1. The lowest BCUT2D eigenvalue weighted by molar-refractivity contribution is -0.140. The first-order valence-electron chi connectivity index (χ1n) is 20.0. The summed E-state index contributed by atoms with van der Waals surface area (Å²) in [7, 11) is 0. The molecule has 2 aromatic heterocycles. The van der Waals surface area contributed by atoms with E-state index in [1.54, 1.807) is 36.5 Å². The number of imidazole rings is 1. The van der Waals surface area contributed by atoms with E-state index in [4.69, 9.17) is 17.2 Å². The fraction of sp³-hybridized carbons (Fsp3) is 0.390. The summed E-state index contributed by atoms with van der Waals surface area (Å²) in [6, 6.07) is 9.45. The van der Waals surface area contributed by atoms with Crippen molar-refractivity contribution in [3.05, 3.63) is 90.1 Å². The summed E-state index contributed by atoms with van der Waals surface area (Å²) >= 11 is 0. The minimum Gasteiger partial charge on any atom is -0.370 e. The number of nitrogens with two attached hydrogens (primary N) is 3. The molecule has 2 aromatic carbocycles. The first-order valence-corrected chi connectivity index (χ1v) is 20.0. The van der Waals surface area contributed by atoms with Crippen LogP contribution in [-0.4, -0.2) is 105 Å². The number of aromatic amines is 2. The van der Waals surface area contributed by atoms with E-state index < -0.39 is 83.5 Å². The van der Waals surface area contributed by atoms with E-state index in [9.17, 15) is 33.6 Å². The molecule has 0 bridgehead atoms. The largest absolute Gasteiger partial charge is 0.370 e. The van der Waals surface area contributed by atoms with Crippen LogP contribution in [0, 0.1) is 0 Å². The van der Waals surface area contributed by atoms with Gasteiger partial charge in [0, 0.05) is 54.8 Å². The maximum atomic E-state index is 14.4. The summed E-state index contributed by atoms with van der Waals surface area (Å²) < 4.78 is 0. The number of H-pyrrole nitrogens is 2. The first kappa shape index (κ1) is 43.3. The zero-order valence-electron chi connectivity index (χ0n) is 33.4. The monoisotopic (exact) mass is 837 g/mol. The summed E-state index contributed by atoms with van der Waals surface area (Å²) in [6.45, 7) is 0.101. The van der Waals surface area contributed by atoms with Crippen LogP contribution in [0.5, 0.6) is 0 Å². The quantitative estimate of drug-likeness (QED) is 0.0463. The molecule has 322 valence electrons. The van der Waals surface area contributed by atoms with Crippen LogP contribution in [-0.2, 0) is 52.8 Å². The van der Waals surface area contributed by atoms with E-state index in [2.05, 4.69) is 51.8 Å². The van der Waals surface area contributed by atoms with Crippen LogP contribution in [0.1, 0.15) is 55.3 Å². The average molecular weight is 838 g/mol. The Labute approximate surface area is 350 Å². The van der Waals surface area contributed by atoms with Crippen molar-refractivity contribution >= 4 is 58.2 Å². The smallest absolute Gasteiger partial charge is 0.246 e. The molecule has 61 heavy (non-hydrogen) atoms. The fourth-order valence-corrected chi connectivity index (χ4v) is 7.44. The highest BCUT2D eigenvalue weighted by atomic mass is 16.2. The van der Waals surface area contributed by atoms with Crippen molar-refractivity contribution in [2.75, 3.05) is 6.54 Å². The molecule has 4 aromatic rings. The number of benzene rings is 2. The van der Waals surface area contributed by atoms with Gasteiger partial charge in [-0.2, -0.15) is 0 Å². The van der Waals surface area contributed by atoms with Crippen molar-refractivity contribution in [1.82, 2.24) is 46.9 Å². The predicted molar refractivity (Wildman–Crippen MR) is 223 cm³/mol. The van der Waals surface area contributed by atoms with Crippen LogP contribution < -0.4 is 49.1 Å². The molecule has 3 heterocycles. The van der Waals surface area contributed by atoms with Gasteiger partial charge >= 0.3 is 0 Å². The number of nitrogens with zero attached hydrogens (tertiary/aromatic N) is 2. The third kappa shape index (κ3) is 11.3. The van der Waals surface area contributed by atoms with E-state index in [0.29, 0.717) is 23.2 Å². The number of hydrogen-bond donors (Lipinski definition) is 11. The summed E-state index contributed by atoms with van der Waals surface area (Å²) in [5.74, 6) is -5.72.